The first kappa shape index (κ1) is 25.6. The van der Waals surface area contributed by atoms with Crippen LogP contribution in [0.4, 0.5) is 0 Å². The van der Waals surface area contributed by atoms with Crippen molar-refractivity contribution in [2.45, 2.75) is 0 Å². The zero-order valence-corrected chi connectivity index (χ0v) is 17.9. The van der Waals surface area contributed by atoms with Crippen LogP contribution in [0.1, 0.15) is 0 Å². The van der Waals surface area contributed by atoms with Gasteiger partial charge in [0.15, 0.2) is 0 Å². The van der Waals surface area contributed by atoms with Crippen molar-refractivity contribution in [1.29, 1.82) is 0 Å². The number of hydrogen-bond acceptors (Lipinski definition) is 4. The molecule has 0 aliphatic carbocycles. The Kier molecular flexibility index (Phi) is 14.8. The molecular weight excluding hydrogens is 425 g/mol. The summed E-state index contributed by atoms with van der Waals surface area (Å²) >= 11 is 0. The van der Waals surface area contributed by atoms with Crippen molar-refractivity contribution in [2.24, 2.45) is 0 Å². The van der Waals surface area contributed by atoms with Crippen molar-refractivity contribution in [3.8, 4) is 23.0 Å². The van der Waals surface area contributed by atoms with Crippen LogP contribution >= 0.6 is 0 Å². The summed E-state index contributed by atoms with van der Waals surface area (Å²) in [5, 5.41) is 34.5. The van der Waals surface area contributed by atoms with Crippen LogP contribution in [0.5, 0.6) is 23.0 Å². The summed E-state index contributed by atoms with van der Waals surface area (Å²) in [4.78, 5) is 0. The largest absolute Gasteiger partial charge is 0.508 e. The summed E-state index contributed by atoms with van der Waals surface area (Å²) in [6.07, 6.45) is 0. The maximum absolute atomic E-state index is 8.63. The van der Waals surface area contributed by atoms with Crippen LogP contribution in [-0.4, -0.2) is 38.0 Å². The van der Waals surface area contributed by atoms with Gasteiger partial charge in [0.1, 0.15) is 23.0 Å². The molecule has 4 rings (SSSR count). The standard InChI is InChI=1S/4C6H6O.Ge/c4*7-6-4-2-1-3-5-6;/h4*1-5,7H;. The molecule has 0 amide bonds. The number of para-hydroxylation sites is 4. The molecule has 0 unspecified atom stereocenters. The molecule has 4 radical (unpaired) electrons. The number of benzene rings is 4. The second-order valence-corrected chi connectivity index (χ2v) is 5.34. The van der Waals surface area contributed by atoms with Gasteiger partial charge in [0.05, 0.1) is 0 Å². The van der Waals surface area contributed by atoms with Gasteiger partial charge < -0.3 is 20.4 Å². The van der Waals surface area contributed by atoms with Crippen molar-refractivity contribution in [3.63, 3.8) is 0 Å². The quantitative estimate of drug-likeness (QED) is 0.279. The summed E-state index contributed by atoms with van der Waals surface area (Å²) in [7, 11) is 0. The average molecular weight is 449 g/mol. The van der Waals surface area contributed by atoms with E-state index in [-0.39, 0.29) is 17.6 Å². The fourth-order valence-corrected chi connectivity index (χ4v) is 1.71. The predicted octanol–water partition coefficient (Wildman–Crippen LogP) is 5.19. The molecule has 0 aliphatic rings. The number of phenolic OH excluding ortho intramolecular Hbond substituents is 4. The Bertz CT molecular complexity index is 693. The zero-order valence-electron chi connectivity index (χ0n) is 15.8. The van der Waals surface area contributed by atoms with Gasteiger partial charge in [-0.2, -0.15) is 0 Å². The fraction of sp³-hybridized carbons (Fsp3) is 0. The van der Waals surface area contributed by atoms with Crippen LogP contribution in [0.2, 0.25) is 0 Å². The predicted molar refractivity (Wildman–Crippen MR) is 118 cm³/mol. The molecule has 4 N–H and O–H groups in total. The van der Waals surface area contributed by atoms with E-state index >= 15 is 0 Å². The van der Waals surface area contributed by atoms with E-state index in [9.17, 15) is 0 Å². The van der Waals surface area contributed by atoms with E-state index in [2.05, 4.69) is 0 Å². The number of aromatic hydroxyl groups is 4. The van der Waals surface area contributed by atoms with Gasteiger partial charge in [-0.1, -0.05) is 72.8 Å². The minimum atomic E-state index is 0. The summed E-state index contributed by atoms with van der Waals surface area (Å²) < 4.78 is 0. The molecule has 0 atom stereocenters. The third-order valence-electron chi connectivity index (χ3n) is 3.02. The third kappa shape index (κ3) is 15.4. The molecule has 0 spiro atoms. The third-order valence-corrected chi connectivity index (χ3v) is 3.02. The van der Waals surface area contributed by atoms with E-state index in [1.165, 1.54) is 0 Å². The monoisotopic (exact) mass is 450 g/mol. The maximum atomic E-state index is 8.63. The molecule has 0 aromatic heterocycles. The first-order chi connectivity index (χ1) is 13.6. The van der Waals surface area contributed by atoms with Crippen LogP contribution in [0.15, 0.2) is 121 Å². The van der Waals surface area contributed by atoms with E-state index in [0.717, 1.165) is 0 Å². The minimum Gasteiger partial charge on any atom is -0.508 e. The van der Waals surface area contributed by atoms with Gasteiger partial charge >= 0.3 is 0 Å². The van der Waals surface area contributed by atoms with Gasteiger partial charge in [0.2, 0.25) is 0 Å². The molecule has 4 aromatic rings. The summed E-state index contributed by atoms with van der Waals surface area (Å²) in [5.41, 5.74) is 0. The van der Waals surface area contributed by atoms with Gasteiger partial charge in [0.25, 0.3) is 0 Å². The van der Waals surface area contributed by atoms with Gasteiger partial charge in [-0.3, -0.25) is 0 Å². The van der Waals surface area contributed by atoms with E-state index in [1.54, 1.807) is 97.1 Å². The minimum absolute atomic E-state index is 0. The Balaban J connectivity index is 0.000000356. The molecule has 148 valence electrons. The van der Waals surface area contributed by atoms with Crippen LogP contribution in [-0.2, 0) is 0 Å². The Morgan fingerprint density at radius 3 is 0.483 bits per heavy atom. The van der Waals surface area contributed by atoms with E-state index in [4.69, 9.17) is 20.4 Å². The van der Waals surface area contributed by atoms with Crippen molar-refractivity contribution in [1.82, 2.24) is 0 Å². The number of hydrogen-bond donors (Lipinski definition) is 4. The smallest absolute Gasteiger partial charge is 0.115 e. The summed E-state index contributed by atoms with van der Waals surface area (Å²) in [5.74, 6) is 1.29. The van der Waals surface area contributed by atoms with Crippen LogP contribution in [0.3, 0.4) is 0 Å². The SMILES string of the molecule is Oc1ccccc1.Oc1ccccc1.Oc1ccccc1.Oc1ccccc1.[Ge]. The van der Waals surface area contributed by atoms with E-state index < -0.39 is 0 Å². The molecule has 0 saturated heterocycles. The fourth-order valence-electron chi connectivity index (χ4n) is 1.71. The molecule has 5 heteroatoms. The molecule has 0 heterocycles. The van der Waals surface area contributed by atoms with Crippen molar-refractivity contribution in [2.75, 3.05) is 0 Å². The summed E-state index contributed by atoms with van der Waals surface area (Å²) in [6, 6.07) is 34.9. The number of phenols is 4. The first-order valence-electron chi connectivity index (χ1n) is 8.54. The molecule has 29 heavy (non-hydrogen) atoms. The van der Waals surface area contributed by atoms with Crippen LogP contribution in [0.25, 0.3) is 0 Å². The Morgan fingerprint density at radius 1 is 0.276 bits per heavy atom. The van der Waals surface area contributed by atoms with Gasteiger partial charge in [0, 0.05) is 17.6 Å². The average Bonchev–Trinajstić information content (AvgIpc) is 2.72. The van der Waals surface area contributed by atoms with Crippen LogP contribution < -0.4 is 0 Å². The first-order valence-corrected chi connectivity index (χ1v) is 8.54. The van der Waals surface area contributed by atoms with Gasteiger partial charge in [-0.15, -0.1) is 0 Å². The van der Waals surface area contributed by atoms with Crippen molar-refractivity contribution >= 4 is 17.6 Å². The molecule has 4 aromatic carbocycles. The van der Waals surface area contributed by atoms with Gasteiger partial charge in [-0.25, -0.2) is 0 Å². The normalized spacial score (nSPS) is 8.28. The summed E-state index contributed by atoms with van der Waals surface area (Å²) in [6.45, 7) is 0. The molecule has 0 aliphatic heterocycles. The molecule has 4 nitrogen and oxygen atoms in total. The number of rotatable bonds is 0. The molecule has 0 fully saturated rings. The molecular formula is C24H24GeO4. The molecule has 0 saturated carbocycles. The maximum Gasteiger partial charge on any atom is 0.115 e. The van der Waals surface area contributed by atoms with Crippen molar-refractivity contribution < 1.29 is 20.4 Å². The Morgan fingerprint density at radius 2 is 0.414 bits per heavy atom. The van der Waals surface area contributed by atoms with Gasteiger partial charge in [-0.05, 0) is 48.5 Å². The van der Waals surface area contributed by atoms with Crippen LogP contribution in [0, 0.1) is 0 Å². The second kappa shape index (κ2) is 16.8. The zero-order chi connectivity index (χ0) is 20.5. The Labute approximate surface area is 182 Å². The Hall–Kier alpha value is -3.38. The topological polar surface area (TPSA) is 80.9 Å². The second-order valence-electron chi connectivity index (χ2n) is 5.34. The van der Waals surface area contributed by atoms with Crippen molar-refractivity contribution in [3.05, 3.63) is 121 Å². The van der Waals surface area contributed by atoms with E-state index in [1.807, 2.05) is 24.3 Å². The molecule has 0 bridgehead atoms. The van der Waals surface area contributed by atoms with E-state index in [0.29, 0.717) is 23.0 Å².